The van der Waals surface area contributed by atoms with Gasteiger partial charge in [-0.25, -0.2) is 4.79 Å². The lowest BCUT2D eigenvalue weighted by Gasteiger charge is -2.31. The highest BCUT2D eigenvalue weighted by atomic mass is 16.5. The second-order valence-electron chi connectivity index (χ2n) is 3.65. The van der Waals surface area contributed by atoms with Crippen LogP contribution in [0, 0.1) is 0 Å². The van der Waals surface area contributed by atoms with E-state index in [0.29, 0.717) is 0 Å². The first-order valence-electron chi connectivity index (χ1n) is 5.30. The van der Waals surface area contributed by atoms with Crippen LogP contribution >= 0.6 is 0 Å². The molecule has 0 fully saturated rings. The molecular formula is C13H14N2O2. The molecule has 0 spiro atoms. The molecule has 2 N–H and O–H groups in total. The van der Waals surface area contributed by atoms with Crippen molar-refractivity contribution in [1.82, 2.24) is 5.32 Å². The van der Waals surface area contributed by atoms with Gasteiger partial charge in [-0.05, 0) is 30.5 Å². The Labute approximate surface area is 100.0 Å². The number of carbonyl (C=O) groups is 1. The molecule has 0 aromatic heterocycles. The molecule has 0 amide bonds. The Morgan fingerprint density at radius 2 is 2.06 bits per heavy atom. The molecule has 0 saturated heterocycles. The summed E-state index contributed by atoms with van der Waals surface area (Å²) >= 11 is 0. The number of carbonyl (C=O) groups excluding carboxylic acids is 1. The molecule has 2 rings (SSSR count). The molecule has 4 nitrogen and oxygen atoms in total. The minimum atomic E-state index is -1.04. The normalized spacial score (nSPS) is 21.7. The van der Waals surface area contributed by atoms with Crippen molar-refractivity contribution < 1.29 is 9.53 Å². The van der Waals surface area contributed by atoms with E-state index in [-0.39, 0.29) is 5.97 Å². The van der Waals surface area contributed by atoms with Crippen LogP contribution in [-0.2, 0) is 9.53 Å². The first kappa shape index (κ1) is 11.3. The smallest absolute Gasteiger partial charge is 0.356 e. The molecule has 0 radical (unpaired) electrons. The van der Waals surface area contributed by atoms with Crippen molar-refractivity contribution in [3.05, 3.63) is 54.8 Å². The molecular weight excluding hydrogens is 216 g/mol. The largest absolute Gasteiger partial charge is 0.466 e. The predicted molar refractivity (Wildman–Crippen MR) is 66.2 cm³/mol. The first-order chi connectivity index (χ1) is 8.27. The van der Waals surface area contributed by atoms with Gasteiger partial charge in [0, 0.05) is 5.69 Å². The lowest BCUT2D eigenvalue weighted by Crippen LogP contribution is -2.56. The van der Waals surface area contributed by atoms with E-state index < -0.39 is 5.66 Å². The van der Waals surface area contributed by atoms with Crippen LogP contribution in [0.4, 0.5) is 5.69 Å². The number of hydrogen-bond donors (Lipinski definition) is 2. The first-order valence-corrected chi connectivity index (χ1v) is 5.30. The van der Waals surface area contributed by atoms with Gasteiger partial charge in [-0.1, -0.05) is 24.3 Å². The van der Waals surface area contributed by atoms with Crippen molar-refractivity contribution in [2.45, 2.75) is 5.66 Å². The fourth-order valence-corrected chi connectivity index (χ4v) is 1.65. The predicted octanol–water partition coefficient (Wildman–Crippen LogP) is 1.64. The van der Waals surface area contributed by atoms with E-state index in [1.807, 2.05) is 36.4 Å². The number of benzene rings is 1. The standard InChI is InChI=1S/C13H14N2O2/c1-17-12(16)13(9-5-6-10-14-13)15-11-7-3-2-4-8-11/h2-10,14-15H,1H3. The van der Waals surface area contributed by atoms with E-state index in [2.05, 4.69) is 10.6 Å². The van der Waals surface area contributed by atoms with Crippen molar-refractivity contribution in [2.24, 2.45) is 0 Å². The molecule has 1 aliphatic rings. The minimum Gasteiger partial charge on any atom is -0.466 e. The lowest BCUT2D eigenvalue weighted by atomic mass is 10.1. The summed E-state index contributed by atoms with van der Waals surface area (Å²) in [5.74, 6) is -0.387. The molecule has 1 atom stereocenters. The lowest BCUT2D eigenvalue weighted by molar-refractivity contribution is -0.145. The molecule has 1 aliphatic heterocycles. The number of dihydropyridines is 1. The zero-order valence-corrected chi connectivity index (χ0v) is 9.51. The third-order valence-corrected chi connectivity index (χ3v) is 2.49. The summed E-state index contributed by atoms with van der Waals surface area (Å²) in [6, 6.07) is 9.49. The van der Waals surface area contributed by atoms with Gasteiger partial charge in [0.05, 0.1) is 7.11 Å². The van der Waals surface area contributed by atoms with Crippen LogP contribution in [0.3, 0.4) is 0 Å². The van der Waals surface area contributed by atoms with Crippen LogP contribution in [0.2, 0.25) is 0 Å². The third-order valence-electron chi connectivity index (χ3n) is 2.49. The summed E-state index contributed by atoms with van der Waals surface area (Å²) in [6.07, 6.45) is 7.04. The zero-order valence-electron chi connectivity index (χ0n) is 9.51. The van der Waals surface area contributed by atoms with Gasteiger partial charge in [-0.2, -0.15) is 0 Å². The number of anilines is 1. The molecule has 0 saturated carbocycles. The van der Waals surface area contributed by atoms with Gasteiger partial charge in [-0.15, -0.1) is 0 Å². The average molecular weight is 230 g/mol. The van der Waals surface area contributed by atoms with Gasteiger partial charge in [-0.3, -0.25) is 0 Å². The fourth-order valence-electron chi connectivity index (χ4n) is 1.65. The van der Waals surface area contributed by atoms with Crippen LogP contribution in [0.15, 0.2) is 54.8 Å². The van der Waals surface area contributed by atoms with Gasteiger partial charge in [0.2, 0.25) is 5.66 Å². The van der Waals surface area contributed by atoms with E-state index >= 15 is 0 Å². The topological polar surface area (TPSA) is 50.4 Å². The van der Waals surface area contributed by atoms with Crippen LogP contribution in [0.1, 0.15) is 0 Å². The average Bonchev–Trinajstić information content (AvgIpc) is 2.40. The number of esters is 1. The van der Waals surface area contributed by atoms with Gasteiger partial charge in [0.15, 0.2) is 0 Å². The molecule has 88 valence electrons. The molecule has 1 heterocycles. The summed E-state index contributed by atoms with van der Waals surface area (Å²) < 4.78 is 4.82. The Morgan fingerprint density at radius 3 is 2.65 bits per heavy atom. The Bertz CT molecular complexity index is 454. The second-order valence-corrected chi connectivity index (χ2v) is 3.65. The Hall–Kier alpha value is -2.23. The molecule has 0 aliphatic carbocycles. The van der Waals surface area contributed by atoms with Crippen molar-refractivity contribution >= 4 is 11.7 Å². The van der Waals surface area contributed by atoms with Gasteiger partial charge < -0.3 is 15.4 Å². The quantitative estimate of drug-likeness (QED) is 0.775. The van der Waals surface area contributed by atoms with E-state index in [9.17, 15) is 4.79 Å². The Morgan fingerprint density at radius 1 is 1.29 bits per heavy atom. The fraction of sp³-hybridized carbons (Fsp3) is 0.154. The highest BCUT2D eigenvalue weighted by molar-refractivity contribution is 5.87. The van der Waals surface area contributed by atoms with Crippen LogP contribution < -0.4 is 10.6 Å². The van der Waals surface area contributed by atoms with Crippen LogP contribution in [0.5, 0.6) is 0 Å². The minimum absolute atomic E-state index is 0.387. The molecule has 1 aromatic rings. The number of ether oxygens (including phenoxy) is 1. The molecule has 1 aromatic carbocycles. The Kier molecular flexibility index (Phi) is 3.14. The van der Waals surface area contributed by atoms with E-state index in [0.717, 1.165) is 5.69 Å². The van der Waals surface area contributed by atoms with Crippen molar-refractivity contribution in [2.75, 3.05) is 12.4 Å². The van der Waals surface area contributed by atoms with Crippen LogP contribution in [0.25, 0.3) is 0 Å². The van der Waals surface area contributed by atoms with E-state index in [4.69, 9.17) is 4.74 Å². The summed E-state index contributed by atoms with van der Waals surface area (Å²) in [5, 5.41) is 6.10. The number of para-hydroxylation sites is 1. The summed E-state index contributed by atoms with van der Waals surface area (Å²) in [6.45, 7) is 0. The van der Waals surface area contributed by atoms with E-state index in [1.54, 1.807) is 18.4 Å². The number of nitrogens with one attached hydrogen (secondary N) is 2. The summed E-state index contributed by atoms with van der Waals surface area (Å²) in [5.41, 5.74) is -0.199. The SMILES string of the molecule is COC(=O)C1(Nc2ccccc2)C=CC=CN1. The number of hydrogen-bond acceptors (Lipinski definition) is 4. The zero-order chi connectivity index (χ0) is 12.1. The van der Waals surface area contributed by atoms with Crippen molar-refractivity contribution in [1.29, 1.82) is 0 Å². The second kappa shape index (κ2) is 4.74. The molecule has 17 heavy (non-hydrogen) atoms. The van der Waals surface area contributed by atoms with Gasteiger partial charge >= 0.3 is 5.97 Å². The maximum Gasteiger partial charge on any atom is 0.356 e. The van der Waals surface area contributed by atoms with Crippen molar-refractivity contribution in [3.63, 3.8) is 0 Å². The van der Waals surface area contributed by atoms with Crippen molar-refractivity contribution in [3.8, 4) is 0 Å². The van der Waals surface area contributed by atoms with E-state index in [1.165, 1.54) is 7.11 Å². The maximum atomic E-state index is 11.9. The van der Waals surface area contributed by atoms with Crippen LogP contribution in [-0.4, -0.2) is 18.7 Å². The molecule has 1 unspecified atom stereocenters. The number of methoxy groups -OCH3 is 1. The monoisotopic (exact) mass is 230 g/mol. The molecule has 0 bridgehead atoms. The summed E-state index contributed by atoms with van der Waals surface area (Å²) in [4.78, 5) is 11.9. The number of rotatable bonds is 3. The highest BCUT2D eigenvalue weighted by Crippen LogP contribution is 2.18. The molecule has 4 heteroatoms. The third kappa shape index (κ3) is 2.30. The van der Waals surface area contributed by atoms with Gasteiger partial charge in [0.25, 0.3) is 0 Å². The van der Waals surface area contributed by atoms with Gasteiger partial charge in [0.1, 0.15) is 0 Å². The number of allylic oxidation sites excluding steroid dienone is 2. The maximum absolute atomic E-state index is 11.9. The Balaban J connectivity index is 2.26. The highest BCUT2D eigenvalue weighted by Gasteiger charge is 2.36. The summed E-state index contributed by atoms with van der Waals surface area (Å²) in [7, 11) is 1.37.